The standard InChI is InChI=1S/C23H25ClN2O7S/c1-31-19-10-9-16(12-17(19)24)34(29,30)25-11-5-6-15(13-25)22(27)26-14-21(23(28)32-2)33-20-8-4-3-7-18(20)26/h3-4,7-10,12,15,21H,5-6,11,13-14H2,1-2H3/t15-,21-/m1/s1. The molecule has 0 spiro atoms. The molecule has 0 saturated carbocycles. The first-order valence-electron chi connectivity index (χ1n) is 10.7. The van der Waals surface area contributed by atoms with Gasteiger partial charge in [0.25, 0.3) is 0 Å². The molecule has 2 aliphatic rings. The number of hydrogen-bond acceptors (Lipinski definition) is 7. The molecule has 2 atom stereocenters. The first kappa shape index (κ1) is 24.3. The predicted molar refractivity (Wildman–Crippen MR) is 125 cm³/mol. The SMILES string of the molecule is COC(=O)[C@H]1CN(C(=O)[C@@H]2CCCN(S(=O)(=O)c3ccc(OC)c(Cl)c3)C2)c2ccccc2O1. The Morgan fingerprint density at radius 2 is 1.88 bits per heavy atom. The molecule has 2 aromatic rings. The van der Waals surface area contributed by atoms with Gasteiger partial charge < -0.3 is 19.1 Å². The highest BCUT2D eigenvalue weighted by Crippen LogP contribution is 2.36. The zero-order valence-electron chi connectivity index (χ0n) is 18.8. The number of amides is 1. The highest BCUT2D eigenvalue weighted by molar-refractivity contribution is 7.89. The number of carbonyl (C=O) groups excluding carboxylic acids is 2. The van der Waals surface area contributed by atoms with E-state index in [1.54, 1.807) is 24.3 Å². The lowest BCUT2D eigenvalue weighted by Crippen LogP contribution is -2.52. The zero-order chi connectivity index (χ0) is 24.5. The Balaban J connectivity index is 1.57. The normalized spacial score (nSPS) is 20.7. The fourth-order valence-corrected chi connectivity index (χ4v) is 6.11. The Bertz CT molecular complexity index is 1200. The van der Waals surface area contributed by atoms with Crippen LogP contribution in [0, 0.1) is 5.92 Å². The van der Waals surface area contributed by atoms with Crippen LogP contribution in [0.3, 0.4) is 0 Å². The number of sulfonamides is 1. The highest BCUT2D eigenvalue weighted by atomic mass is 35.5. The third-order valence-electron chi connectivity index (χ3n) is 6.00. The second-order valence-electron chi connectivity index (χ2n) is 8.04. The summed E-state index contributed by atoms with van der Waals surface area (Å²) in [5.41, 5.74) is 0.537. The second-order valence-corrected chi connectivity index (χ2v) is 10.4. The van der Waals surface area contributed by atoms with Crippen LogP contribution in [0.4, 0.5) is 5.69 Å². The van der Waals surface area contributed by atoms with Crippen molar-refractivity contribution in [1.29, 1.82) is 0 Å². The molecule has 1 saturated heterocycles. The van der Waals surface area contributed by atoms with Gasteiger partial charge in [0.15, 0.2) is 0 Å². The molecule has 0 aliphatic carbocycles. The molecule has 9 nitrogen and oxygen atoms in total. The molecule has 34 heavy (non-hydrogen) atoms. The number of fused-ring (bicyclic) bond motifs is 1. The zero-order valence-corrected chi connectivity index (χ0v) is 20.3. The van der Waals surface area contributed by atoms with E-state index in [1.807, 2.05) is 0 Å². The van der Waals surface area contributed by atoms with Gasteiger partial charge in [-0.3, -0.25) is 4.79 Å². The van der Waals surface area contributed by atoms with Crippen molar-refractivity contribution in [1.82, 2.24) is 4.31 Å². The Kier molecular flexibility index (Phi) is 7.01. The maximum absolute atomic E-state index is 13.6. The summed E-state index contributed by atoms with van der Waals surface area (Å²) >= 11 is 6.14. The third kappa shape index (κ3) is 4.57. The fraction of sp³-hybridized carbons (Fsp3) is 0.391. The van der Waals surface area contributed by atoms with Crippen molar-refractivity contribution in [2.24, 2.45) is 5.92 Å². The van der Waals surface area contributed by atoms with Crippen LogP contribution in [0.5, 0.6) is 11.5 Å². The number of anilines is 1. The summed E-state index contributed by atoms with van der Waals surface area (Å²) in [7, 11) is -1.16. The number of esters is 1. The van der Waals surface area contributed by atoms with E-state index in [1.165, 1.54) is 41.6 Å². The molecule has 0 aromatic heterocycles. The number of hydrogen-bond donors (Lipinski definition) is 0. The summed E-state index contributed by atoms with van der Waals surface area (Å²) in [6.07, 6.45) is 0.0801. The molecule has 11 heteroatoms. The van der Waals surface area contributed by atoms with Crippen molar-refractivity contribution < 1.29 is 32.2 Å². The van der Waals surface area contributed by atoms with Crippen molar-refractivity contribution in [3.63, 3.8) is 0 Å². The van der Waals surface area contributed by atoms with E-state index in [0.717, 1.165) is 0 Å². The highest BCUT2D eigenvalue weighted by Gasteiger charge is 2.40. The number of methoxy groups -OCH3 is 2. The molecule has 1 fully saturated rings. The summed E-state index contributed by atoms with van der Waals surface area (Å²) in [4.78, 5) is 27.2. The average molecular weight is 509 g/mol. The average Bonchev–Trinajstić information content (AvgIpc) is 2.87. The number of piperidine rings is 1. The molecule has 1 amide bonds. The largest absolute Gasteiger partial charge is 0.495 e. The summed E-state index contributed by atoms with van der Waals surface area (Å²) in [6, 6.07) is 11.2. The molecule has 0 radical (unpaired) electrons. The lowest BCUT2D eigenvalue weighted by Gasteiger charge is -2.38. The number of benzene rings is 2. The van der Waals surface area contributed by atoms with Crippen molar-refractivity contribution in [2.75, 3.05) is 38.8 Å². The minimum atomic E-state index is -3.87. The molecule has 4 rings (SSSR count). The molecule has 2 aromatic carbocycles. The number of rotatable bonds is 5. The Morgan fingerprint density at radius 3 is 2.59 bits per heavy atom. The van der Waals surface area contributed by atoms with Gasteiger partial charge in [-0.2, -0.15) is 4.31 Å². The van der Waals surface area contributed by atoms with E-state index in [-0.39, 0.29) is 28.9 Å². The van der Waals surface area contributed by atoms with Gasteiger partial charge in [-0.25, -0.2) is 13.2 Å². The van der Waals surface area contributed by atoms with Crippen molar-refractivity contribution >= 4 is 39.2 Å². The van der Waals surface area contributed by atoms with Gasteiger partial charge in [0.05, 0.1) is 42.3 Å². The molecule has 2 aliphatic heterocycles. The van der Waals surface area contributed by atoms with Gasteiger partial charge in [0.1, 0.15) is 11.5 Å². The molecule has 2 heterocycles. The van der Waals surface area contributed by atoms with Gasteiger partial charge in [0, 0.05) is 13.1 Å². The lowest BCUT2D eigenvalue weighted by molar-refractivity contribution is -0.148. The van der Waals surface area contributed by atoms with Crippen LogP contribution >= 0.6 is 11.6 Å². The second kappa shape index (κ2) is 9.81. The smallest absolute Gasteiger partial charge is 0.348 e. The van der Waals surface area contributed by atoms with E-state index >= 15 is 0 Å². The van der Waals surface area contributed by atoms with Crippen LogP contribution in [-0.2, 0) is 24.3 Å². The van der Waals surface area contributed by atoms with Crippen molar-refractivity contribution in [2.45, 2.75) is 23.8 Å². The number of para-hydroxylation sites is 2. The summed E-state index contributed by atoms with van der Waals surface area (Å²) in [6.45, 7) is 0.299. The van der Waals surface area contributed by atoms with Gasteiger partial charge in [-0.15, -0.1) is 0 Å². The van der Waals surface area contributed by atoms with E-state index in [9.17, 15) is 18.0 Å². The summed E-state index contributed by atoms with van der Waals surface area (Å²) in [5.74, 6) is -0.667. The molecule has 182 valence electrons. The van der Waals surface area contributed by atoms with Crippen LogP contribution in [0.15, 0.2) is 47.4 Å². The Labute approximate surface area is 203 Å². The number of ether oxygens (including phenoxy) is 3. The first-order valence-corrected chi connectivity index (χ1v) is 12.6. The van der Waals surface area contributed by atoms with Crippen molar-refractivity contribution in [3.05, 3.63) is 47.5 Å². The summed E-state index contributed by atoms with van der Waals surface area (Å²) < 4.78 is 43.5. The third-order valence-corrected chi connectivity index (χ3v) is 8.15. The number of nitrogens with zero attached hydrogens (tertiary/aromatic N) is 2. The Morgan fingerprint density at radius 1 is 1.12 bits per heavy atom. The minimum Gasteiger partial charge on any atom is -0.495 e. The monoisotopic (exact) mass is 508 g/mol. The van der Waals surface area contributed by atoms with Crippen LogP contribution in [-0.4, -0.2) is 64.6 Å². The van der Waals surface area contributed by atoms with Gasteiger partial charge >= 0.3 is 5.97 Å². The lowest BCUT2D eigenvalue weighted by atomic mass is 9.97. The van der Waals surface area contributed by atoms with Crippen LogP contribution in [0.25, 0.3) is 0 Å². The van der Waals surface area contributed by atoms with Crippen molar-refractivity contribution in [3.8, 4) is 11.5 Å². The molecular weight excluding hydrogens is 484 g/mol. The quantitative estimate of drug-likeness (QED) is 0.572. The van der Waals surface area contributed by atoms with Crippen LogP contribution in [0.1, 0.15) is 12.8 Å². The molecule has 0 N–H and O–H groups in total. The fourth-order valence-electron chi connectivity index (χ4n) is 4.24. The molecular formula is C23H25ClN2O7S. The number of carbonyl (C=O) groups is 2. The maximum Gasteiger partial charge on any atom is 0.348 e. The van der Waals surface area contributed by atoms with Gasteiger partial charge in [0.2, 0.25) is 22.0 Å². The maximum atomic E-state index is 13.6. The first-order chi connectivity index (χ1) is 16.3. The number of halogens is 1. The van der Waals surface area contributed by atoms with E-state index in [4.69, 9.17) is 25.8 Å². The van der Waals surface area contributed by atoms with Crippen LogP contribution in [0.2, 0.25) is 5.02 Å². The van der Waals surface area contributed by atoms with Gasteiger partial charge in [-0.05, 0) is 43.2 Å². The minimum absolute atomic E-state index is 0.0140. The summed E-state index contributed by atoms with van der Waals surface area (Å²) in [5, 5.41) is 0.187. The van der Waals surface area contributed by atoms with Crippen LogP contribution < -0.4 is 14.4 Å². The molecule has 0 bridgehead atoms. The van der Waals surface area contributed by atoms with Gasteiger partial charge in [-0.1, -0.05) is 23.7 Å². The van der Waals surface area contributed by atoms with E-state index in [2.05, 4.69) is 0 Å². The topological polar surface area (TPSA) is 102 Å². The molecule has 0 unspecified atom stereocenters. The Hall–Kier alpha value is -2.82. The van der Waals surface area contributed by atoms with E-state index in [0.29, 0.717) is 36.6 Å². The van der Waals surface area contributed by atoms with E-state index < -0.39 is 28.0 Å². The predicted octanol–water partition coefficient (Wildman–Crippen LogP) is 2.72.